The number of fused-ring (bicyclic) bond motifs is 3. The number of benzene rings is 2. The van der Waals surface area contributed by atoms with Crippen molar-refractivity contribution >= 4 is 46.5 Å². The van der Waals surface area contributed by atoms with E-state index in [1.54, 1.807) is 37.3 Å². The van der Waals surface area contributed by atoms with Crippen LogP contribution in [-0.4, -0.2) is 32.5 Å². The first-order chi connectivity index (χ1) is 14.5. The molecule has 30 heavy (non-hydrogen) atoms. The number of aromatic nitrogens is 2. The molecule has 0 fully saturated rings. The largest absolute Gasteiger partial charge is 0.478 e. The van der Waals surface area contributed by atoms with Gasteiger partial charge in [-0.1, -0.05) is 24.3 Å². The summed E-state index contributed by atoms with van der Waals surface area (Å²) < 4.78 is 1.48. The van der Waals surface area contributed by atoms with Gasteiger partial charge < -0.3 is 5.11 Å². The number of rotatable bonds is 4. The summed E-state index contributed by atoms with van der Waals surface area (Å²) in [7, 11) is 0. The van der Waals surface area contributed by atoms with Crippen molar-refractivity contribution in [3.63, 3.8) is 0 Å². The number of nitrogens with one attached hydrogen (secondary N) is 1. The zero-order chi connectivity index (χ0) is 21.3. The van der Waals surface area contributed by atoms with Gasteiger partial charge >= 0.3 is 5.97 Å². The van der Waals surface area contributed by atoms with Crippen molar-refractivity contribution in [2.75, 3.05) is 0 Å². The van der Waals surface area contributed by atoms with Gasteiger partial charge in [-0.25, -0.2) is 9.78 Å². The van der Waals surface area contributed by atoms with Gasteiger partial charge in [-0.3, -0.25) is 19.6 Å². The van der Waals surface area contributed by atoms with Crippen LogP contribution in [0, 0.1) is 12.3 Å². The summed E-state index contributed by atoms with van der Waals surface area (Å²) in [6.07, 6.45) is 3.98. The lowest BCUT2D eigenvalue weighted by Crippen LogP contribution is -2.28. The van der Waals surface area contributed by atoms with Gasteiger partial charge in [0.15, 0.2) is 5.65 Å². The minimum Gasteiger partial charge on any atom is -0.478 e. The highest BCUT2D eigenvalue weighted by Gasteiger charge is 2.14. The van der Waals surface area contributed by atoms with Gasteiger partial charge in [0, 0.05) is 12.3 Å². The first-order valence-corrected chi connectivity index (χ1v) is 9.08. The van der Waals surface area contributed by atoms with Crippen LogP contribution in [0.5, 0.6) is 0 Å². The van der Waals surface area contributed by atoms with Gasteiger partial charge in [0.1, 0.15) is 0 Å². The summed E-state index contributed by atoms with van der Waals surface area (Å²) in [5.41, 5.74) is 3.60. The van der Waals surface area contributed by atoms with Crippen molar-refractivity contribution in [1.82, 2.24) is 9.38 Å². The normalized spacial score (nSPS) is 11.6. The number of imidazole rings is 1. The van der Waals surface area contributed by atoms with Gasteiger partial charge in [0.05, 0.1) is 27.5 Å². The third kappa shape index (κ3) is 3.30. The van der Waals surface area contributed by atoms with Crippen molar-refractivity contribution < 1.29 is 9.90 Å². The Morgan fingerprint density at radius 2 is 2.03 bits per heavy atom. The van der Waals surface area contributed by atoms with E-state index in [0.717, 1.165) is 6.08 Å². The molecule has 0 spiro atoms. The van der Waals surface area contributed by atoms with E-state index in [4.69, 9.17) is 10.5 Å². The van der Waals surface area contributed by atoms with Gasteiger partial charge in [-0.05, 0) is 54.3 Å². The van der Waals surface area contributed by atoms with Crippen LogP contribution in [0.4, 0.5) is 5.69 Å². The van der Waals surface area contributed by atoms with Crippen molar-refractivity contribution in [3.05, 3.63) is 86.9 Å². The van der Waals surface area contributed by atoms with Crippen molar-refractivity contribution in [2.45, 2.75) is 6.92 Å². The minimum absolute atomic E-state index is 0.277. The number of hydrogen-bond acceptors (Lipinski definition) is 5. The van der Waals surface area contributed by atoms with Crippen LogP contribution in [-0.2, 0) is 4.79 Å². The van der Waals surface area contributed by atoms with Crippen LogP contribution in [0.3, 0.4) is 0 Å². The topological polar surface area (TPSA) is 108 Å². The zero-order valence-electron chi connectivity index (χ0n) is 16.0. The van der Waals surface area contributed by atoms with Crippen molar-refractivity contribution in [3.8, 4) is 0 Å². The monoisotopic (exact) mass is 396 g/mol. The fourth-order valence-corrected chi connectivity index (χ4v) is 3.30. The molecule has 2 N–H and O–H groups in total. The van der Waals surface area contributed by atoms with E-state index in [-0.39, 0.29) is 5.56 Å². The van der Waals surface area contributed by atoms with E-state index in [1.807, 2.05) is 18.2 Å². The molecule has 0 aliphatic heterocycles. The quantitative estimate of drug-likeness (QED) is 0.408. The second-order valence-electron chi connectivity index (χ2n) is 6.63. The fourth-order valence-electron chi connectivity index (χ4n) is 3.30. The van der Waals surface area contributed by atoms with E-state index in [1.165, 1.54) is 16.7 Å². The van der Waals surface area contributed by atoms with E-state index in [9.17, 15) is 9.59 Å². The van der Waals surface area contributed by atoms with E-state index in [2.05, 4.69) is 15.8 Å². The summed E-state index contributed by atoms with van der Waals surface area (Å²) in [5, 5.41) is 16.9. The smallest absolute Gasteiger partial charge is 0.328 e. The lowest BCUT2D eigenvalue weighted by molar-refractivity contribution is -0.131. The number of pyridine rings is 1. The van der Waals surface area contributed by atoms with Gasteiger partial charge in [0.2, 0.25) is 0 Å². The molecule has 0 saturated heterocycles. The minimum atomic E-state index is -1.04. The Balaban J connectivity index is 1.89. The Morgan fingerprint density at radius 3 is 2.80 bits per heavy atom. The third-order valence-electron chi connectivity index (χ3n) is 4.75. The molecule has 7 heteroatoms. The SMILES string of the molecule is Cc1c(C=Nc2cccc(/C=C/C(=O)O)c2)c(=O)n2c(nc3ccccc32)c1=C=N. The van der Waals surface area contributed by atoms with Crippen LogP contribution in [0.25, 0.3) is 22.8 Å². The predicted octanol–water partition coefficient (Wildman–Crippen LogP) is 2.64. The Morgan fingerprint density at radius 1 is 1.23 bits per heavy atom. The van der Waals surface area contributed by atoms with Crippen LogP contribution in [0.15, 0.2) is 64.4 Å². The van der Waals surface area contributed by atoms with Crippen molar-refractivity contribution in [1.29, 1.82) is 5.41 Å². The number of para-hydroxylation sites is 2. The molecule has 7 nitrogen and oxygen atoms in total. The highest BCUT2D eigenvalue weighted by Crippen LogP contribution is 2.16. The maximum Gasteiger partial charge on any atom is 0.328 e. The highest BCUT2D eigenvalue weighted by molar-refractivity contribution is 5.89. The molecule has 0 aliphatic carbocycles. The fraction of sp³-hybridized carbons (Fsp3) is 0.0435. The van der Waals surface area contributed by atoms with Crippen LogP contribution in [0.2, 0.25) is 0 Å². The summed E-state index contributed by atoms with van der Waals surface area (Å²) in [6, 6.07) is 14.3. The second kappa shape index (κ2) is 7.58. The summed E-state index contributed by atoms with van der Waals surface area (Å²) in [4.78, 5) is 32.8. The number of hydrogen-bond donors (Lipinski definition) is 2. The molecule has 0 amide bonds. The molecular weight excluding hydrogens is 380 g/mol. The Bertz CT molecular complexity index is 1510. The first kappa shape index (κ1) is 19.0. The predicted molar refractivity (Wildman–Crippen MR) is 116 cm³/mol. The van der Waals surface area contributed by atoms with Crippen LogP contribution in [0.1, 0.15) is 16.7 Å². The molecule has 0 radical (unpaired) electrons. The molecule has 2 aromatic heterocycles. The average molecular weight is 396 g/mol. The number of nitrogens with zero attached hydrogens (tertiary/aromatic N) is 3. The molecule has 0 saturated carbocycles. The zero-order valence-corrected chi connectivity index (χ0v) is 16.0. The first-order valence-electron chi connectivity index (χ1n) is 9.08. The highest BCUT2D eigenvalue weighted by atomic mass is 16.4. The molecule has 2 heterocycles. The summed E-state index contributed by atoms with van der Waals surface area (Å²) in [5.74, 6) is 1.37. The maximum absolute atomic E-state index is 13.2. The molecule has 0 atom stereocenters. The second-order valence-corrected chi connectivity index (χ2v) is 6.63. The van der Waals surface area contributed by atoms with Gasteiger partial charge in [-0.2, -0.15) is 0 Å². The standard InChI is InChI=1S/C23H16N4O3/c1-14-17(12-24)22-26-19-7-2-3-8-20(19)27(22)23(30)18(14)13-25-16-6-4-5-15(11-16)9-10-21(28)29/h2-11,13,24H,1H3,(H,28,29)/b10-9+,25-13?. The Kier molecular flexibility index (Phi) is 4.80. The number of aliphatic carboxylic acids is 1. The molecule has 4 aromatic rings. The molecule has 0 aliphatic rings. The number of aliphatic imine (C=N–C) groups is 1. The lowest BCUT2D eigenvalue weighted by atomic mass is 10.1. The molecule has 2 aromatic carbocycles. The number of carboxylic acid groups (broad SMARTS) is 1. The molecule has 4 rings (SSSR count). The van der Waals surface area contributed by atoms with Gasteiger partial charge in [-0.15, -0.1) is 0 Å². The lowest BCUT2D eigenvalue weighted by Gasteiger charge is -2.03. The maximum atomic E-state index is 13.2. The average Bonchev–Trinajstić information content (AvgIpc) is 3.12. The number of carbonyl (C=O) groups is 1. The third-order valence-corrected chi connectivity index (χ3v) is 4.75. The van der Waals surface area contributed by atoms with Gasteiger partial charge in [0.25, 0.3) is 5.56 Å². The molecular formula is C23H16N4O3. The molecule has 0 unspecified atom stereocenters. The van der Waals surface area contributed by atoms with E-state index in [0.29, 0.717) is 44.3 Å². The Labute approximate surface area is 170 Å². The summed E-state index contributed by atoms with van der Waals surface area (Å²) >= 11 is 0. The van der Waals surface area contributed by atoms with Crippen molar-refractivity contribution in [2.24, 2.45) is 4.99 Å². The number of carboxylic acids is 1. The molecule has 0 bridgehead atoms. The Hall–Kier alpha value is -4.35. The van der Waals surface area contributed by atoms with Crippen LogP contribution >= 0.6 is 0 Å². The van der Waals surface area contributed by atoms with E-state index >= 15 is 0 Å². The van der Waals surface area contributed by atoms with E-state index < -0.39 is 5.97 Å². The molecule has 146 valence electrons. The summed E-state index contributed by atoms with van der Waals surface area (Å²) in [6.45, 7) is 1.74. The van der Waals surface area contributed by atoms with Crippen LogP contribution < -0.4 is 10.8 Å².